The molecule has 0 unspecified atom stereocenters. The summed E-state index contributed by atoms with van der Waals surface area (Å²) in [5, 5.41) is 0.640. The zero-order valence-corrected chi connectivity index (χ0v) is 12.1. The van der Waals surface area contributed by atoms with Crippen LogP contribution in [0.1, 0.15) is 13.0 Å². The Bertz CT molecular complexity index is 723. The molecule has 1 atom stereocenters. The number of halogens is 1. The van der Waals surface area contributed by atoms with E-state index < -0.39 is 12.0 Å². The van der Waals surface area contributed by atoms with Gasteiger partial charge in [-0.25, -0.2) is 4.79 Å². The Labute approximate surface area is 120 Å². The number of carbonyl (C=O) groups is 1. The highest BCUT2D eigenvalue weighted by Gasteiger charge is 2.20. The van der Waals surface area contributed by atoms with Crippen molar-refractivity contribution in [3.8, 4) is 5.75 Å². The van der Waals surface area contributed by atoms with Crippen molar-refractivity contribution in [3.63, 3.8) is 0 Å². The van der Waals surface area contributed by atoms with Crippen LogP contribution in [0.4, 0.5) is 0 Å². The number of carbonyl (C=O) groups excluding carboxylic acids is 1. The molecule has 0 aliphatic rings. The van der Waals surface area contributed by atoms with Crippen molar-refractivity contribution in [1.29, 1.82) is 0 Å². The minimum Gasteiger partial charge on any atom is -0.495 e. The largest absolute Gasteiger partial charge is 0.495 e. The van der Waals surface area contributed by atoms with E-state index in [1.165, 1.54) is 26.5 Å². The van der Waals surface area contributed by atoms with E-state index in [1.54, 1.807) is 23.6 Å². The number of rotatable bonds is 3. The number of ether oxygens (including phenoxy) is 2. The summed E-state index contributed by atoms with van der Waals surface area (Å²) in [5.41, 5.74) is 0.252. The third-order valence-electron chi connectivity index (χ3n) is 3.16. The molecule has 0 bridgehead atoms. The Morgan fingerprint density at radius 1 is 1.30 bits per heavy atom. The van der Waals surface area contributed by atoms with E-state index in [2.05, 4.69) is 0 Å². The molecule has 0 N–H and O–H groups in total. The average molecular weight is 296 g/mol. The van der Waals surface area contributed by atoms with Crippen molar-refractivity contribution < 1.29 is 14.3 Å². The Morgan fingerprint density at radius 2 is 2.00 bits per heavy atom. The summed E-state index contributed by atoms with van der Waals surface area (Å²) in [7, 11) is 2.81. The summed E-state index contributed by atoms with van der Waals surface area (Å²) < 4.78 is 11.6. The zero-order chi connectivity index (χ0) is 14.9. The number of aromatic nitrogens is 1. The minimum atomic E-state index is -0.601. The van der Waals surface area contributed by atoms with E-state index >= 15 is 0 Å². The van der Waals surface area contributed by atoms with E-state index in [0.29, 0.717) is 21.7 Å². The second-order valence-electron chi connectivity index (χ2n) is 4.26. The van der Waals surface area contributed by atoms with Gasteiger partial charge >= 0.3 is 5.97 Å². The van der Waals surface area contributed by atoms with Crippen LogP contribution in [-0.2, 0) is 9.53 Å². The lowest BCUT2D eigenvalue weighted by atomic mass is 10.1. The number of esters is 1. The molecule has 0 saturated carbocycles. The van der Waals surface area contributed by atoms with Gasteiger partial charge in [0.25, 0.3) is 0 Å². The summed E-state index contributed by atoms with van der Waals surface area (Å²) in [4.78, 5) is 23.7. The summed E-state index contributed by atoms with van der Waals surface area (Å²) in [6, 6.07) is 4.02. The fourth-order valence-corrected chi connectivity index (χ4v) is 2.36. The molecule has 0 radical (unpaired) electrons. The maximum absolute atomic E-state index is 12.0. The zero-order valence-electron chi connectivity index (χ0n) is 11.3. The number of benzene rings is 1. The minimum absolute atomic E-state index is 0.225. The number of fused-ring (bicyclic) bond motifs is 1. The maximum Gasteiger partial charge on any atom is 0.328 e. The lowest BCUT2D eigenvalue weighted by Crippen LogP contribution is -2.20. The van der Waals surface area contributed by atoms with Crippen molar-refractivity contribution in [1.82, 2.24) is 4.57 Å². The molecule has 6 heteroatoms. The van der Waals surface area contributed by atoms with Crippen molar-refractivity contribution in [2.45, 2.75) is 13.0 Å². The molecule has 0 aliphatic heterocycles. The van der Waals surface area contributed by atoms with Gasteiger partial charge in [0.05, 0.1) is 30.1 Å². The van der Waals surface area contributed by atoms with Crippen molar-refractivity contribution in [3.05, 3.63) is 39.6 Å². The van der Waals surface area contributed by atoms with Crippen LogP contribution in [0.2, 0.25) is 5.02 Å². The molecule has 0 fully saturated rings. The highest BCUT2D eigenvalue weighted by atomic mass is 35.5. The van der Waals surface area contributed by atoms with E-state index in [9.17, 15) is 9.59 Å². The van der Waals surface area contributed by atoms with Crippen LogP contribution in [0.3, 0.4) is 0 Å². The average Bonchev–Trinajstić information content (AvgIpc) is 2.46. The first-order valence-corrected chi connectivity index (χ1v) is 6.34. The molecule has 1 heterocycles. The predicted molar refractivity (Wildman–Crippen MR) is 76.5 cm³/mol. The Balaban J connectivity index is 2.86. The topological polar surface area (TPSA) is 57.5 Å². The van der Waals surface area contributed by atoms with Gasteiger partial charge in [0.2, 0.25) is 0 Å². The first-order chi connectivity index (χ1) is 9.51. The first kappa shape index (κ1) is 14.4. The van der Waals surface area contributed by atoms with Crippen LogP contribution in [0, 0.1) is 0 Å². The summed E-state index contributed by atoms with van der Waals surface area (Å²) >= 11 is 6.10. The van der Waals surface area contributed by atoms with Gasteiger partial charge in [0.1, 0.15) is 11.8 Å². The van der Waals surface area contributed by atoms with Crippen LogP contribution in [0.25, 0.3) is 10.9 Å². The monoisotopic (exact) mass is 295 g/mol. The summed E-state index contributed by atoms with van der Waals surface area (Å²) in [5.74, 6) is 0.0508. The van der Waals surface area contributed by atoms with Crippen LogP contribution in [0.5, 0.6) is 5.75 Å². The standard InChI is InChI=1S/C14H14ClNO4/c1-8(14(18)20-3)16-7-6-10(17)12-9(15)4-5-11(19-2)13(12)16/h4-8H,1-3H3/t8-/m1/s1. The smallest absolute Gasteiger partial charge is 0.328 e. The van der Waals surface area contributed by atoms with Gasteiger partial charge < -0.3 is 14.0 Å². The Morgan fingerprint density at radius 3 is 2.60 bits per heavy atom. The Kier molecular flexibility index (Phi) is 3.99. The molecular formula is C14H14ClNO4. The number of hydrogen-bond donors (Lipinski definition) is 0. The molecule has 1 aromatic carbocycles. The molecule has 2 rings (SSSR count). The quantitative estimate of drug-likeness (QED) is 0.816. The molecule has 106 valence electrons. The molecule has 1 aromatic heterocycles. The number of hydrogen-bond acceptors (Lipinski definition) is 4. The van der Waals surface area contributed by atoms with Gasteiger partial charge in [-0.15, -0.1) is 0 Å². The predicted octanol–water partition coefficient (Wildman–Crippen LogP) is 2.40. The van der Waals surface area contributed by atoms with E-state index in [0.717, 1.165) is 0 Å². The van der Waals surface area contributed by atoms with E-state index in [-0.39, 0.29) is 5.43 Å². The molecular weight excluding hydrogens is 282 g/mol. The maximum atomic E-state index is 12.0. The van der Waals surface area contributed by atoms with Gasteiger partial charge in [0, 0.05) is 12.3 Å². The highest BCUT2D eigenvalue weighted by Crippen LogP contribution is 2.30. The van der Waals surface area contributed by atoms with Gasteiger partial charge in [-0.2, -0.15) is 0 Å². The Hall–Kier alpha value is -2.01. The van der Waals surface area contributed by atoms with Crippen molar-refractivity contribution >= 4 is 28.5 Å². The van der Waals surface area contributed by atoms with Crippen LogP contribution >= 0.6 is 11.6 Å². The van der Waals surface area contributed by atoms with E-state index in [1.807, 2.05) is 0 Å². The van der Waals surface area contributed by atoms with Gasteiger partial charge in [-0.1, -0.05) is 11.6 Å². The lowest BCUT2D eigenvalue weighted by Gasteiger charge is -2.18. The molecule has 0 aliphatic carbocycles. The normalized spacial score (nSPS) is 12.2. The SMILES string of the molecule is COC(=O)[C@@H](C)n1ccc(=O)c2c(Cl)ccc(OC)c21. The first-order valence-electron chi connectivity index (χ1n) is 5.96. The molecule has 0 spiro atoms. The van der Waals surface area contributed by atoms with Crippen LogP contribution < -0.4 is 10.2 Å². The molecule has 5 nitrogen and oxygen atoms in total. The third kappa shape index (κ3) is 2.25. The number of pyridine rings is 1. The molecule has 20 heavy (non-hydrogen) atoms. The number of methoxy groups -OCH3 is 2. The molecule has 2 aromatic rings. The fourth-order valence-electron chi connectivity index (χ4n) is 2.12. The van der Waals surface area contributed by atoms with Crippen molar-refractivity contribution in [2.75, 3.05) is 14.2 Å². The summed E-state index contributed by atoms with van der Waals surface area (Å²) in [6.45, 7) is 1.68. The number of nitrogens with zero attached hydrogens (tertiary/aromatic N) is 1. The summed E-state index contributed by atoms with van der Waals surface area (Å²) in [6.07, 6.45) is 1.53. The highest BCUT2D eigenvalue weighted by molar-refractivity contribution is 6.35. The third-order valence-corrected chi connectivity index (χ3v) is 3.48. The lowest BCUT2D eigenvalue weighted by molar-refractivity contribution is -0.143. The second kappa shape index (κ2) is 5.54. The van der Waals surface area contributed by atoms with Gasteiger partial charge in [-0.05, 0) is 19.1 Å². The fraction of sp³-hybridized carbons (Fsp3) is 0.286. The molecule has 0 saturated heterocycles. The van der Waals surface area contributed by atoms with Crippen molar-refractivity contribution in [2.24, 2.45) is 0 Å². The molecule has 0 amide bonds. The van der Waals surface area contributed by atoms with Crippen LogP contribution in [0.15, 0.2) is 29.2 Å². The van der Waals surface area contributed by atoms with E-state index in [4.69, 9.17) is 21.1 Å². The van der Waals surface area contributed by atoms with Gasteiger partial charge in [0.15, 0.2) is 5.43 Å². The van der Waals surface area contributed by atoms with Gasteiger partial charge in [-0.3, -0.25) is 4.79 Å². The van der Waals surface area contributed by atoms with Crippen LogP contribution in [-0.4, -0.2) is 24.8 Å². The second-order valence-corrected chi connectivity index (χ2v) is 4.67.